The van der Waals surface area contributed by atoms with Crippen molar-refractivity contribution in [2.24, 2.45) is 5.92 Å². The number of ether oxygens (including phenoxy) is 1. The van der Waals surface area contributed by atoms with Crippen molar-refractivity contribution in [3.05, 3.63) is 0 Å². The van der Waals surface area contributed by atoms with Crippen LogP contribution in [0.4, 0.5) is 0 Å². The third kappa shape index (κ3) is 3.96. The van der Waals surface area contributed by atoms with Crippen molar-refractivity contribution < 1.29 is 4.74 Å². The van der Waals surface area contributed by atoms with Crippen LogP contribution in [0.1, 0.15) is 72.1 Å². The van der Waals surface area contributed by atoms with Crippen molar-refractivity contribution in [2.75, 3.05) is 6.54 Å². The van der Waals surface area contributed by atoms with Crippen LogP contribution >= 0.6 is 0 Å². The third-order valence-corrected chi connectivity index (χ3v) is 4.70. The summed E-state index contributed by atoms with van der Waals surface area (Å²) < 4.78 is 6.53. The van der Waals surface area contributed by atoms with Crippen LogP contribution in [0.2, 0.25) is 0 Å². The molecule has 1 N–H and O–H groups in total. The lowest BCUT2D eigenvalue weighted by Crippen LogP contribution is -2.46. The van der Waals surface area contributed by atoms with Crippen LogP contribution in [0.25, 0.3) is 0 Å². The molecular formula is C16H31NO. The summed E-state index contributed by atoms with van der Waals surface area (Å²) in [6.45, 7) is 7.93. The normalized spacial score (nSPS) is 31.3. The summed E-state index contributed by atoms with van der Waals surface area (Å²) in [6, 6.07) is 0.594. The highest BCUT2D eigenvalue weighted by molar-refractivity contribution is 4.92. The van der Waals surface area contributed by atoms with Crippen LogP contribution in [0.3, 0.4) is 0 Å². The average molecular weight is 253 g/mol. The zero-order chi connectivity index (χ0) is 13.0. The maximum Gasteiger partial charge on any atom is 0.0698 e. The Kier molecular flexibility index (Phi) is 5.08. The lowest BCUT2D eigenvalue weighted by molar-refractivity contribution is -0.155. The van der Waals surface area contributed by atoms with Gasteiger partial charge in [0, 0.05) is 6.04 Å². The Labute approximate surface area is 113 Å². The van der Waals surface area contributed by atoms with Crippen LogP contribution in [-0.4, -0.2) is 24.3 Å². The van der Waals surface area contributed by atoms with Gasteiger partial charge in [-0.2, -0.15) is 0 Å². The maximum atomic E-state index is 6.53. The Hall–Kier alpha value is -0.0800. The van der Waals surface area contributed by atoms with Crippen LogP contribution in [0.5, 0.6) is 0 Å². The van der Waals surface area contributed by atoms with E-state index in [1.807, 2.05) is 0 Å². The summed E-state index contributed by atoms with van der Waals surface area (Å²) in [5.41, 5.74) is 0.240. The molecule has 2 aliphatic rings. The van der Waals surface area contributed by atoms with Gasteiger partial charge in [0.05, 0.1) is 11.7 Å². The molecule has 2 nitrogen and oxygen atoms in total. The predicted molar refractivity (Wildman–Crippen MR) is 76.8 cm³/mol. The van der Waals surface area contributed by atoms with E-state index in [0.717, 1.165) is 12.5 Å². The van der Waals surface area contributed by atoms with Crippen molar-refractivity contribution in [1.29, 1.82) is 0 Å². The fraction of sp³-hybridized carbons (Fsp3) is 1.00. The minimum absolute atomic E-state index is 0.240. The van der Waals surface area contributed by atoms with Gasteiger partial charge in [0.2, 0.25) is 0 Å². The Morgan fingerprint density at radius 3 is 2.56 bits per heavy atom. The number of rotatable bonds is 6. The maximum absolute atomic E-state index is 6.53. The van der Waals surface area contributed by atoms with Crippen molar-refractivity contribution in [3.8, 4) is 0 Å². The first kappa shape index (κ1) is 14.3. The molecule has 2 aliphatic carbocycles. The monoisotopic (exact) mass is 253 g/mol. The molecule has 0 amide bonds. The largest absolute Gasteiger partial charge is 0.372 e. The van der Waals surface area contributed by atoms with Crippen LogP contribution in [0.15, 0.2) is 0 Å². The van der Waals surface area contributed by atoms with E-state index in [9.17, 15) is 0 Å². The first-order valence-corrected chi connectivity index (χ1v) is 8.01. The molecule has 0 spiro atoms. The molecule has 2 atom stereocenters. The fourth-order valence-corrected chi connectivity index (χ4v) is 3.43. The van der Waals surface area contributed by atoms with Gasteiger partial charge < -0.3 is 10.1 Å². The van der Waals surface area contributed by atoms with Crippen LogP contribution < -0.4 is 5.32 Å². The van der Waals surface area contributed by atoms with Crippen molar-refractivity contribution >= 4 is 0 Å². The number of hydrogen-bond acceptors (Lipinski definition) is 2. The summed E-state index contributed by atoms with van der Waals surface area (Å²) in [6.07, 6.45) is 11.1. The standard InChI is InChI=1S/C16H31NO/c1-13(2)17-11-10-16(8-5-9-16)18-15-7-4-6-14(3)12-15/h13-15,17H,4-12H2,1-3H3. The molecular weight excluding hydrogens is 222 g/mol. The molecule has 0 bridgehead atoms. The average Bonchev–Trinajstić information content (AvgIpc) is 2.25. The van der Waals surface area contributed by atoms with Gasteiger partial charge in [-0.15, -0.1) is 0 Å². The van der Waals surface area contributed by atoms with Crippen molar-refractivity contribution in [1.82, 2.24) is 5.32 Å². The fourth-order valence-electron chi connectivity index (χ4n) is 3.43. The zero-order valence-corrected chi connectivity index (χ0v) is 12.5. The summed E-state index contributed by atoms with van der Waals surface area (Å²) in [7, 11) is 0. The quantitative estimate of drug-likeness (QED) is 0.775. The molecule has 0 aromatic rings. The highest BCUT2D eigenvalue weighted by Crippen LogP contribution is 2.41. The molecule has 2 heteroatoms. The van der Waals surface area contributed by atoms with Crippen LogP contribution in [0, 0.1) is 5.92 Å². The minimum atomic E-state index is 0.240. The molecule has 0 radical (unpaired) electrons. The Balaban J connectivity index is 1.76. The Morgan fingerprint density at radius 1 is 1.22 bits per heavy atom. The van der Waals surface area contributed by atoms with Crippen LogP contribution in [-0.2, 0) is 4.74 Å². The lowest BCUT2D eigenvalue weighted by atomic mass is 9.76. The van der Waals surface area contributed by atoms with Gasteiger partial charge in [-0.1, -0.05) is 33.6 Å². The minimum Gasteiger partial charge on any atom is -0.372 e. The van der Waals surface area contributed by atoms with E-state index in [-0.39, 0.29) is 5.60 Å². The van der Waals surface area contributed by atoms with Gasteiger partial charge in [-0.05, 0) is 51.0 Å². The molecule has 2 unspecified atom stereocenters. The van der Waals surface area contributed by atoms with E-state index in [2.05, 4.69) is 26.1 Å². The first-order chi connectivity index (χ1) is 8.60. The van der Waals surface area contributed by atoms with E-state index in [4.69, 9.17) is 4.74 Å². The van der Waals surface area contributed by atoms with E-state index < -0.39 is 0 Å². The van der Waals surface area contributed by atoms with Crippen molar-refractivity contribution in [3.63, 3.8) is 0 Å². The molecule has 0 aromatic carbocycles. The Bertz CT molecular complexity index is 247. The van der Waals surface area contributed by atoms with Gasteiger partial charge in [-0.3, -0.25) is 0 Å². The second-order valence-electron chi connectivity index (χ2n) is 6.91. The van der Waals surface area contributed by atoms with E-state index >= 15 is 0 Å². The van der Waals surface area contributed by atoms with E-state index in [1.165, 1.54) is 51.4 Å². The second kappa shape index (κ2) is 6.38. The molecule has 0 aromatic heterocycles. The lowest BCUT2D eigenvalue weighted by Gasteiger charge is -2.46. The van der Waals surface area contributed by atoms with Gasteiger partial charge in [0.15, 0.2) is 0 Å². The molecule has 2 fully saturated rings. The Morgan fingerprint density at radius 2 is 2.00 bits per heavy atom. The highest BCUT2D eigenvalue weighted by Gasteiger charge is 2.40. The molecule has 0 saturated heterocycles. The highest BCUT2D eigenvalue weighted by atomic mass is 16.5. The number of hydrogen-bond donors (Lipinski definition) is 1. The van der Waals surface area contributed by atoms with E-state index in [1.54, 1.807) is 0 Å². The topological polar surface area (TPSA) is 21.3 Å². The van der Waals surface area contributed by atoms with Gasteiger partial charge in [-0.25, -0.2) is 0 Å². The predicted octanol–water partition coefficient (Wildman–Crippen LogP) is 3.89. The molecule has 106 valence electrons. The zero-order valence-electron chi connectivity index (χ0n) is 12.5. The SMILES string of the molecule is CC1CCCC(OC2(CCNC(C)C)CCC2)C1. The molecule has 2 saturated carbocycles. The summed E-state index contributed by atoms with van der Waals surface area (Å²) >= 11 is 0. The van der Waals surface area contributed by atoms with Crippen molar-refractivity contribution in [2.45, 2.75) is 89.9 Å². The summed E-state index contributed by atoms with van der Waals surface area (Å²) in [5.74, 6) is 0.870. The van der Waals surface area contributed by atoms with Gasteiger partial charge in [0.1, 0.15) is 0 Å². The molecule has 18 heavy (non-hydrogen) atoms. The summed E-state index contributed by atoms with van der Waals surface area (Å²) in [5, 5.41) is 3.54. The molecule has 0 aliphatic heterocycles. The van der Waals surface area contributed by atoms with Gasteiger partial charge in [0.25, 0.3) is 0 Å². The third-order valence-electron chi connectivity index (χ3n) is 4.70. The molecule has 0 heterocycles. The smallest absolute Gasteiger partial charge is 0.0698 e. The second-order valence-corrected chi connectivity index (χ2v) is 6.91. The molecule has 2 rings (SSSR count). The summed E-state index contributed by atoms with van der Waals surface area (Å²) in [4.78, 5) is 0. The number of nitrogens with one attached hydrogen (secondary N) is 1. The first-order valence-electron chi connectivity index (χ1n) is 8.01. The van der Waals surface area contributed by atoms with E-state index in [0.29, 0.717) is 12.1 Å². The van der Waals surface area contributed by atoms with Gasteiger partial charge >= 0.3 is 0 Å².